The van der Waals surface area contributed by atoms with Crippen molar-refractivity contribution in [1.82, 2.24) is 24.9 Å². The first-order chi connectivity index (χ1) is 14.8. The van der Waals surface area contributed by atoms with Gasteiger partial charge in [-0.3, -0.25) is 4.79 Å². The first kappa shape index (κ1) is 18.7. The van der Waals surface area contributed by atoms with Crippen LogP contribution in [0.2, 0.25) is 0 Å². The van der Waals surface area contributed by atoms with Crippen LogP contribution in [0.3, 0.4) is 0 Å². The van der Waals surface area contributed by atoms with Crippen molar-refractivity contribution in [3.05, 3.63) is 66.0 Å². The van der Waals surface area contributed by atoms with Gasteiger partial charge in [0.05, 0.1) is 6.61 Å². The molecular weight excluding hydrogens is 382 g/mol. The molecule has 8 heteroatoms. The van der Waals surface area contributed by atoms with Crippen LogP contribution in [-0.4, -0.2) is 56.6 Å². The Kier molecular flexibility index (Phi) is 5.15. The molecule has 2 aromatic heterocycles. The number of fused-ring (bicyclic) bond motifs is 1. The van der Waals surface area contributed by atoms with Crippen molar-refractivity contribution in [2.24, 2.45) is 0 Å². The van der Waals surface area contributed by atoms with Gasteiger partial charge in [-0.2, -0.15) is 5.10 Å². The third-order valence-corrected chi connectivity index (χ3v) is 5.62. The summed E-state index contributed by atoms with van der Waals surface area (Å²) in [4.78, 5) is 14.9. The Hall–Kier alpha value is -3.26. The molecule has 0 spiro atoms. The minimum Gasteiger partial charge on any atom is -0.473 e. The molecule has 0 radical (unpaired) electrons. The highest BCUT2D eigenvalue weighted by molar-refractivity contribution is 5.83. The number of rotatable bonds is 4. The molecule has 1 atom stereocenters. The van der Waals surface area contributed by atoms with Crippen molar-refractivity contribution in [1.29, 1.82) is 0 Å². The smallest absolute Gasteiger partial charge is 0.256 e. The number of nitrogens with zero attached hydrogens (tertiary/aromatic N) is 5. The lowest BCUT2D eigenvalue weighted by Gasteiger charge is -2.35. The van der Waals surface area contributed by atoms with Gasteiger partial charge in [-0.1, -0.05) is 24.3 Å². The van der Waals surface area contributed by atoms with Crippen LogP contribution in [0.4, 0.5) is 0 Å². The van der Waals surface area contributed by atoms with Crippen molar-refractivity contribution < 1.29 is 14.3 Å². The van der Waals surface area contributed by atoms with Gasteiger partial charge in [0.15, 0.2) is 11.9 Å². The van der Waals surface area contributed by atoms with Gasteiger partial charge in [-0.25, -0.2) is 4.68 Å². The summed E-state index contributed by atoms with van der Waals surface area (Å²) in [6.07, 6.45) is 5.39. The molecule has 1 saturated heterocycles. The highest BCUT2D eigenvalue weighted by Crippen LogP contribution is 2.30. The number of carbonyl (C=O) groups excluding carboxylic acids is 1. The quantitative estimate of drug-likeness (QED) is 0.663. The lowest BCUT2D eigenvalue weighted by molar-refractivity contribution is -0.147. The predicted octanol–water partition coefficient (Wildman–Crippen LogP) is 2.35. The number of likely N-dealkylation sites (tertiary alicyclic amines) is 1. The largest absolute Gasteiger partial charge is 0.473 e. The van der Waals surface area contributed by atoms with Crippen LogP contribution < -0.4 is 4.74 Å². The molecule has 1 aromatic carbocycles. The number of hydrogen-bond donors (Lipinski definition) is 0. The van der Waals surface area contributed by atoms with Crippen LogP contribution in [-0.2, 0) is 16.0 Å². The highest BCUT2D eigenvalue weighted by atomic mass is 16.5. The molecule has 8 nitrogen and oxygen atoms in total. The molecule has 1 unspecified atom stereocenters. The van der Waals surface area contributed by atoms with E-state index < -0.39 is 6.10 Å². The predicted molar refractivity (Wildman–Crippen MR) is 108 cm³/mol. The summed E-state index contributed by atoms with van der Waals surface area (Å²) >= 11 is 0. The Morgan fingerprint density at radius 1 is 1.07 bits per heavy atom. The summed E-state index contributed by atoms with van der Waals surface area (Å²) in [6.45, 7) is 1.87. The monoisotopic (exact) mass is 405 g/mol. The first-order valence-electron chi connectivity index (χ1n) is 10.3. The number of ether oxygens (including phenoxy) is 2. The fraction of sp³-hybridized carbons (Fsp3) is 0.364. The van der Waals surface area contributed by atoms with Gasteiger partial charge in [0.1, 0.15) is 6.10 Å². The zero-order valence-electron chi connectivity index (χ0n) is 16.6. The summed E-state index contributed by atoms with van der Waals surface area (Å²) in [6, 6.07) is 13.5. The number of carbonyl (C=O) groups is 1. The fourth-order valence-corrected chi connectivity index (χ4v) is 4.03. The van der Waals surface area contributed by atoms with Gasteiger partial charge >= 0.3 is 0 Å². The number of hydrogen-bond acceptors (Lipinski definition) is 6. The van der Waals surface area contributed by atoms with Crippen molar-refractivity contribution >= 4 is 5.91 Å². The molecule has 154 valence electrons. The van der Waals surface area contributed by atoms with Gasteiger partial charge in [-0.15, -0.1) is 10.2 Å². The highest BCUT2D eigenvalue weighted by Gasteiger charge is 2.33. The Morgan fingerprint density at radius 3 is 2.70 bits per heavy atom. The molecule has 30 heavy (non-hydrogen) atoms. The number of amides is 1. The van der Waals surface area contributed by atoms with E-state index in [1.807, 2.05) is 41.4 Å². The molecule has 1 amide bonds. The fourth-order valence-electron chi connectivity index (χ4n) is 4.03. The second kappa shape index (κ2) is 8.23. The van der Waals surface area contributed by atoms with E-state index in [2.05, 4.69) is 21.4 Å². The zero-order valence-corrected chi connectivity index (χ0v) is 16.6. The topological polar surface area (TPSA) is 82.4 Å². The van der Waals surface area contributed by atoms with E-state index in [0.717, 1.165) is 24.8 Å². The molecule has 3 aromatic rings. The van der Waals surface area contributed by atoms with E-state index in [0.29, 0.717) is 31.4 Å². The van der Waals surface area contributed by atoms with Gasteiger partial charge < -0.3 is 14.4 Å². The van der Waals surface area contributed by atoms with Crippen LogP contribution in [0.15, 0.2) is 54.9 Å². The molecule has 0 aliphatic carbocycles. The third-order valence-electron chi connectivity index (χ3n) is 5.62. The third kappa shape index (κ3) is 3.78. The molecule has 5 rings (SSSR count). The molecule has 2 aliphatic rings. The Morgan fingerprint density at radius 2 is 1.93 bits per heavy atom. The minimum absolute atomic E-state index is 0.0125. The molecule has 1 fully saturated rings. The maximum atomic E-state index is 13.1. The van der Waals surface area contributed by atoms with E-state index in [4.69, 9.17) is 9.47 Å². The Labute approximate surface area is 174 Å². The minimum atomic E-state index is -0.492. The lowest BCUT2D eigenvalue weighted by atomic mass is 9.96. The van der Waals surface area contributed by atoms with Crippen LogP contribution in [0.5, 0.6) is 5.88 Å². The summed E-state index contributed by atoms with van der Waals surface area (Å²) in [5.41, 5.74) is 2.21. The van der Waals surface area contributed by atoms with Crippen LogP contribution in [0.25, 0.3) is 5.82 Å². The SMILES string of the molecule is O=C(C1OCCc2ccccc21)N1CCC(Oc2ccc(-n3cccn3)nn2)CC1. The van der Waals surface area contributed by atoms with E-state index in [-0.39, 0.29) is 12.0 Å². The van der Waals surface area contributed by atoms with E-state index in [1.165, 1.54) is 5.56 Å². The van der Waals surface area contributed by atoms with Crippen molar-refractivity contribution in [3.63, 3.8) is 0 Å². The van der Waals surface area contributed by atoms with Gasteiger partial charge in [0.2, 0.25) is 5.88 Å². The van der Waals surface area contributed by atoms with E-state index in [1.54, 1.807) is 16.9 Å². The number of aromatic nitrogens is 4. The average Bonchev–Trinajstić information content (AvgIpc) is 3.34. The summed E-state index contributed by atoms with van der Waals surface area (Å²) in [7, 11) is 0. The summed E-state index contributed by atoms with van der Waals surface area (Å²) in [5, 5.41) is 12.4. The van der Waals surface area contributed by atoms with Gasteiger partial charge in [-0.05, 0) is 29.7 Å². The van der Waals surface area contributed by atoms with E-state index in [9.17, 15) is 4.79 Å². The second-order valence-corrected chi connectivity index (χ2v) is 7.52. The molecule has 0 N–H and O–H groups in total. The van der Waals surface area contributed by atoms with Crippen molar-refractivity contribution in [2.75, 3.05) is 19.7 Å². The van der Waals surface area contributed by atoms with Gasteiger partial charge in [0.25, 0.3) is 5.91 Å². The van der Waals surface area contributed by atoms with Crippen molar-refractivity contribution in [2.45, 2.75) is 31.5 Å². The summed E-state index contributed by atoms with van der Waals surface area (Å²) < 4.78 is 13.5. The molecule has 0 saturated carbocycles. The average molecular weight is 405 g/mol. The molecular formula is C22H23N5O3. The number of piperidine rings is 1. The molecule has 2 aliphatic heterocycles. The Balaban J connectivity index is 1.17. The second-order valence-electron chi connectivity index (χ2n) is 7.52. The standard InChI is InChI=1S/C22H23N5O3/c28-22(21-18-5-2-1-4-16(18)10-15-29-21)26-13-8-17(9-14-26)30-20-7-6-19(24-25-20)27-12-3-11-23-27/h1-7,11-12,17,21H,8-10,13-15H2. The van der Waals surface area contributed by atoms with Crippen molar-refractivity contribution in [3.8, 4) is 11.7 Å². The van der Waals surface area contributed by atoms with Crippen LogP contribution in [0.1, 0.15) is 30.1 Å². The Bertz CT molecular complexity index is 998. The lowest BCUT2D eigenvalue weighted by Crippen LogP contribution is -2.45. The van der Waals surface area contributed by atoms with Crippen LogP contribution in [0, 0.1) is 0 Å². The molecule has 0 bridgehead atoms. The summed E-state index contributed by atoms with van der Waals surface area (Å²) in [5.74, 6) is 1.17. The van der Waals surface area contributed by atoms with Crippen LogP contribution >= 0.6 is 0 Å². The zero-order chi connectivity index (χ0) is 20.3. The first-order valence-corrected chi connectivity index (χ1v) is 10.3. The van der Waals surface area contributed by atoms with Gasteiger partial charge in [0, 0.05) is 44.4 Å². The maximum Gasteiger partial charge on any atom is 0.256 e. The van der Waals surface area contributed by atoms with E-state index >= 15 is 0 Å². The number of benzene rings is 1. The molecule has 4 heterocycles. The normalized spacial score (nSPS) is 19.3. The maximum absolute atomic E-state index is 13.1.